The standard InChI is InChI=1S/C12H25NO2/c1-10-11(5-8-15-10)9-13-7-6-12(2,3)14-4/h10-11,13H,5-9H2,1-4H3. The van der Waals surface area contributed by atoms with E-state index in [9.17, 15) is 0 Å². The lowest BCUT2D eigenvalue weighted by atomic mass is 10.0. The Labute approximate surface area is 93.5 Å². The van der Waals surface area contributed by atoms with Crippen molar-refractivity contribution in [2.75, 3.05) is 26.8 Å². The van der Waals surface area contributed by atoms with E-state index in [1.54, 1.807) is 7.11 Å². The summed E-state index contributed by atoms with van der Waals surface area (Å²) in [5, 5.41) is 3.49. The fourth-order valence-corrected chi connectivity index (χ4v) is 1.82. The summed E-state index contributed by atoms with van der Waals surface area (Å²) in [6.45, 7) is 9.42. The van der Waals surface area contributed by atoms with Gasteiger partial charge in [-0.1, -0.05) is 0 Å². The lowest BCUT2D eigenvalue weighted by Crippen LogP contribution is -2.32. The molecular formula is C12H25NO2. The zero-order chi connectivity index (χ0) is 11.3. The van der Waals surface area contributed by atoms with E-state index in [1.807, 2.05) is 0 Å². The maximum atomic E-state index is 5.52. The van der Waals surface area contributed by atoms with E-state index < -0.39 is 0 Å². The van der Waals surface area contributed by atoms with Crippen LogP contribution in [0.4, 0.5) is 0 Å². The predicted molar refractivity (Wildman–Crippen MR) is 62.1 cm³/mol. The number of hydrogen-bond donors (Lipinski definition) is 1. The van der Waals surface area contributed by atoms with Crippen LogP contribution in [0.3, 0.4) is 0 Å². The van der Waals surface area contributed by atoms with Gasteiger partial charge in [0.2, 0.25) is 0 Å². The van der Waals surface area contributed by atoms with Gasteiger partial charge in [0.15, 0.2) is 0 Å². The molecule has 0 aliphatic carbocycles. The molecule has 1 aliphatic heterocycles. The molecule has 1 rings (SSSR count). The van der Waals surface area contributed by atoms with Crippen molar-refractivity contribution in [3.05, 3.63) is 0 Å². The molecule has 3 nitrogen and oxygen atoms in total. The monoisotopic (exact) mass is 215 g/mol. The van der Waals surface area contributed by atoms with Gasteiger partial charge in [0, 0.05) is 20.3 Å². The molecule has 0 aromatic heterocycles. The van der Waals surface area contributed by atoms with Gasteiger partial charge in [0.05, 0.1) is 11.7 Å². The van der Waals surface area contributed by atoms with Gasteiger partial charge in [-0.15, -0.1) is 0 Å². The van der Waals surface area contributed by atoms with Gasteiger partial charge in [-0.05, 0) is 46.1 Å². The van der Waals surface area contributed by atoms with E-state index >= 15 is 0 Å². The van der Waals surface area contributed by atoms with Crippen LogP contribution < -0.4 is 5.32 Å². The molecule has 0 saturated carbocycles. The summed E-state index contributed by atoms with van der Waals surface area (Å²) in [6.07, 6.45) is 2.67. The van der Waals surface area contributed by atoms with E-state index in [4.69, 9.17) is 9.47 Å². The van der Waals surface area contributed by atoms with Crippen LogP contribution in [-0.2, 0) is 9.47 Å². The van der Waals surface area contributed by atoms with Crippen molar-refractivity contribution >= 4 is 0 Å². The molecule has 0 amide bonds. The van der Waals surface area contributed by atoms with Crippen molar-refractivity contribution in [2.24, 2.45) is 5.92 Å². The summed E-state index contributed by atoms with van der Waals surface area (Å²) < 4.78 is 10.9. The largest absolute Gasteiger partial charge is 0.379 e. The molecule has 1 heterocycles. The lowest BCUT2D eigenvalue weighted by molar-refractivity contribution is 0.0155. The van der Waals surface area contributed by atoms with Crippen LogP contribution >= 0.6 is 0 Å². The van der Waals surface area contributed by atoms with Gasteiger partial charge in [-0.2, -0.15) is 0 Å². The molecule has 0 aromatic rings. The normalized spacial score (nSPS) is 27.2. The minimum atomic E-state index is -0.00913. The summed E-state index contributed by atoms with van der Waals surface area (Å²) in [5.41, 5.74) is -0.00913. The average Bonchev–Trinajstić information content (AvgIpc) is 2.59. The van der Waals surface area contributed by atoms with E-state index in [2.05, 4.69) is 26.1 Å². The second-order valence-electron chi connectivity index (χ2n) is 5.04. The second-order valence-corrected chi connectivity index (χ2v) is 5.04. The third-order valence-corrected chi connectivity index (χ3v) is 3.40. The number of rotatable bonds is 6. The Morgan fingerprint density at radius 3 is 2.73 bits per heavy atom. The van der Waals surface area contributed by atoms with Crippen LogP contribution in [0.15, 0.2) is 0 Å². The van der Waals surface area contributed by atoms with Crippen LogP contribution in [0.5, 0.6) is 0 Å². The van der Waals surface area contributed by atoms with Gasteiger partial charge in [-0.25, -0.2) is 0 Å². The molecule has 90 valence electrons. The molecule has 3 heteroatoms. The molecule has 2 unspecified atom stereocenters. The Hall–Kier alpha value is -0.120. The summed E-state index contributed by atoms with van der Waals surface area (Å²) in [5.74, 6) is 0.690. The number of hydrogen-bond acceptors (Lipinski definition) is 3. The molecule has 0 bridgehead atoms. The maximum absolute atomic E-state index is 5.52. The zero-order valence-corrected chi connectivity index (χ0v) is 10.5. The third-order valence-electron chi connectivity index (χ3n) is 3.40. The van der Waals surface area contributed by atoms with Crippen molar-refractivity contribution in [3.8, 4) is 0 Å². The van der Waals surface area contributed by atoms with Gasteiger partial charge in [0.1, 0.15) is 0 Å². The van der Waals surface area contributed by atoms with E-state index in [1.165, 1.54) is 6.42 Å². The number of nitrogens with one attached hydrogen (secondary N) is 1. The van der Waals surface area contributed by atoms with Gasteiger partial charge in [-0.3, -0.25) is 0 Å². The van der Waals surface area contributed by atoms with Crippen molar-refractivity contribution in [1.29, 1.82) is 0 Å². The van der Waals surface area contributed by atoms with E-state index in [-0.39, 0.29) is 5.60 Å². The van der Waals surface area contributed by atoms with Crippen LogP contribution in [0.25, 0.3) is 0 Å². The first kappa shape index (κ1) is 12.9. The summed E-state index contributed by atoms with van der Waals surface area (Å²) >= 11 is 0. The Morgan fingerprint density at radius 1 is 1.47 bits per heavy atom. The molecule has 15 heavy (non-hydrogen) atoms. The highest BCUT2D eigenvalue weighted by atomic mass is 16.5. The summed E-state index contributed by atoms with van der Waals surface area (Å²) in [6, 6.07) is 0. The van der Waals surface area contributed by atoms with Crippen molar-refractivity contribution in [1.82, 2.24) is 5.32 Å². The molecule has 1 fully saturated rings. The van der Waals surface area contributed by atoms with Crippen molar-refractivity contribution < 1.29 is 9.47 Å². The quantitative estimate of drug-likeness (QED) is 0.686. The highest BCUT2D eigenvalue weighted by Gasteiger charge is 2.23. The third kappa shape index (κ3) is 4.49. The van der Waals surface area contributed by atoms with Crippen LogP contribution in [0.2, 0.25) is 0 Å². The zero-order valence-electron chi connectivity index (χ0n) is 10.5. The van der Waals surface area contributed by atoms with Crippen LogP contribution in [0, 0.1) is 5.92 Å². The van der Waals surface area contributed by atoms with Crippen LogP contribution in [0.1, 0.15) is 33.6 Å². The van der Waals surface area contributed by atoms with Gasteiger partial charge in [0.25, 0.3) is 0 Å². The highest BCUT2D eigenvalue weighted by Crippen LogP contribution is 2.19. The average molecular weight is 215 g/mol. The highest BCUT2D eigenvalue weighted by molar-refractivity contribution is 4.75. The van der Waals surface area contributed by atoms with Crippen LogP contribution in [-0.4, -0.2) is 38.5 Å². The maximum Gasteiger partial charge on any atom is 0.0634 e. The first-order valence-corrected chi connectivity index (χ1v) is 5.92. The lowest BCUT2D eigenvalue weighted by Gasteiger charge is -2.23. The molecule has 0 spiro atoms. The Morgan fingerprint density at radius 2 is 2.20 bits per heavy atom. The molecule has 1 saturated heterocycles. The number of methoxy groups -OCH3 is 1. The Bertz CT molecular complexity index is 182. The van der Waals surface area contributed by atoms with Crippen molar-refractivity contribution in [2.45, 2.75) is 45.3 Å². The van der Waals surface area contributed by atoms with Gasteiger partial charge < -0.3 is 14.8 Å². The predicted octanol–water partition coefficient (Wildman–Crippen LogP) is 1.82. The topological polar surface area (TPSA) is 30.5 Å². The summed E-state index contributed by atoms with van der Waals surface area (Å²) in [4.78, 5) is 0. The molecule has 1 aliphatic rings. The first-order chi connectivity index (χ1) is 7.05. The number of ether oxygens (including phenoxy) is 2. The fourth-order valence-electron chi connectivity index (χ4n) is 1.82. The molecule has 0 radical (unpaired) electrons. The molecular weight excluding hydrogens is 190 g/mol. The molecule has 1 N–H and O–H groups in total. The Kier molecular flexibility index (Phi) is 5.03. The summed E-state index contributed by atoms with van der Waals surface area (Å²) in [7, 11) is 1.77. The second kappa shape index (κ2) is 5.83. The Balaban J connectivity index is 2.06. The molecule has 2 atom stereocenters. The minimum Gasteiger partial charge on any atom is -0.379 e. The van der Waals surface area contributed by atoms with E-state index in [0.717, 1.165) is 26.1 Å². The van der Waals surface area contributed by atoms with Gasteiger partial charge >= 0.3 is 0 Å². The van der Waals surface area contributed by atoms with E-state index in [0.29, 0.717) is 12.0 Å². The fraction of sp³-hybridized carbons (Fsp3) is 1.00. The minimum absolute atomic E-state index is 0.00913. The smallest absolute Gasteiger partial charge is 0.0634 e. The SMILES string of the molecule is COC(C)(C)CCNCC1CCOC1C. The van der Waals surface area contributed by atoms with Crippen molar-refractivity contribution in [3.63, 3.8) is 0 Å². The first-order valence-electron chi connectivity index (χ1n) is 5.92. The molecule has 0 aromatic carbocycles.